The summed E-state index contributed by atoms with van der Waals surface area (Å²) in [5.74, 6) is 0. The molecule has 42 valence electrons. The maximum Gasteiger partial charge on any atom is 0.107 e. The Hall–Kier alpha value is -0.0800. The molecule has 1 N–H and O–H groups in total. The monoisotopic (exact) mass is 101 g/mol. The van der Waals surface area contributed by atoms with Crippen LogP contribution in [0.4, 0.5) is 0 Å². The summed E-state index contributed by atoms with van der Waals surface area (Å²) >= 11 is 0. The molecule has 2 heteroatoms. The smallest absolute Gasteiger partial charge is 0.107 e. The van der Waals surface area contributed by atoms with Crippen LogP contribution in [0.5, 0.6) is 0 Å². The van der Waals surface area contributed by atoms with Crippen LogP contribution in [0.15, 0.2) is 0 Å². The molecule has 0 bridgehead atoms. The number of aliphatic hydroxyl groups is 1. The lowest BCUT2D eigenvalue weighted by Crippen LogP contribution is -2.23. The normalized spacial score (nSPS) is 34.3. The van der Waals surface area contributed by atoms with E-state index in [0.717, 1.165) is 19.4 Å². The van der Waals surface area contributed by atoms with Gasteiger partial charge in [-0.15, -0.1) is 0 Å². The molecule has 1 aliphatic heterocycles. The Labute approximate surface area is 43.7 Å². The van der Waals surface area contributed by atoms with Crippen LogP contribution in [-0.4, -0.2) is 29.8 Å². The Morgan fingerprint density at radius 2 is 2.43 bits per heavy atom. The predicted molar refractivity (Wildman–Crippen MR) is 27.9 cm³/mol. The summed E-state index contributed by atoms with van der Waals surface area (Å²) in [6.07, 6.45) is 1.95. The minimum Gasteiger partial charge on any atom is -0.378 e. The van der Waals surface area contributed by atoms with E-state index in [0.29, 0.717) is 0 Å². The Balaban J connectivity index is 2.33. The zero-order valence-corrected chi connectivity index (χ0v) is 4.59. The summed E-state index contributed by atoms with van der Waals surface area (Å²) in [6, 6.07) is 0. The highest BCUT2D eigenvalue weighted by Crippen LogP contribution is 2.10. The standard InChI is InChI=1S/C5H11NO/c1-6-4-2-3-5(6)7/h5,7H,2-4H2,1H3. The number of rotatable bonds is 0. The van der Waals surface area contributed by atoms with Crippen LogP contribution >= 0.6 is 0 Å². The third-order valence-corrected chi connectivity index (χ3v) is 1.48. The lowest BCUT2D eigenvalue weighted by atomic mass is 10.4. The largest absolute Gasteiger partial charge is 0.378 e. The summed E-state index contributed by atoms with van der Waals surface area (Å²) in [6.45, 7) is 1.06. The first kappa shape index (κ1) is 5.06. The van der Waals surface area contributed by atoms with E-state index < -0.39 is 0 Å². The van der Waals surface area contributed by atoms with Crippen LogP contribution in [0, 0.1) is 0 Å². The van der Waals surface area contributed by atoms with Crippen molar-refractivity contribution in [1.29, 1.82) is 0 Å². The van der Waals surface area contributed by atoms with E-state index in [-0.39, 0.29) is 6.23 Å². The van der Waals surface area contributed by atoms with Crippen molar-refractivity contribution in [3.8, 4) is 0 Å². The fourth-order valence-corrected chi connectivity index (χ4v) is 0.893. The Kier molecular flexibility index (Phi) is 1.30. The molecule has 1 saturated heterocycles. The highest BCUT2D eigenvalue weighted by atomic mass is 16.3. The zero-order valence-electron chi connectivity index (χ0n) is 4.59. The molecule has 1 fully saturated rings. The molecule has 1 aliphatic rings. The topological polar surface area (TPSA) is 23.5 Å². The predicted octanol–water partition coefficient (Wildman–Crippen LogP) is 0.0304. The lowest BCUT2D eigenvalue weighted by molar-refractivity contribution is 0.0574. The number of hydrogen-bond acceptors (Lipinski definition) is 2. The van der Waals surface area contributed by atoms with E-state index in [9.17, 15) is 0 Å². The summed E-state index contributed by atoms with van der Waals surface area (Å²) in [5, 5.41) is 8.92. The van der Waals surface area contributed by atoms with Gasteiger partial charge in [0.05, 0.1) is 0 Å². The molecule has 0 spiro atoms. The van der Waals surface area contributed by atoms with Gasteiger partial charge in [0.15, 0.2) is 0 Å². The summed E-state index contributed by atoms with van der Waals surface area (Å²) in [7, 11) is 1.94. The SMILES string of the molecule is CN1CCCC1O. The second kappa shape index (κ2) is 1.80. The Morgan fingerprint density at radius 1 is 1.71 bits per heavy atom. The molecule has 7 heavy (non-hydrogen) atoms. The van der Waals surface area contributed by atoms with Gasteiger partial charge in [-0.3, -0.25) is 4.90 Å². The van der Waals surface area contributed by atoms with Gasteiger partial charge in [-0.25, -0.2) is 0 Å². The van der Waals surface area contributed by atoms with Crippen LogP contribution in [-0.2, 0) is 0 Å². The molecular weight excluding hydrogens is 90.1 g/mol. The minimum atomic E-state index is -0.153. The van der Waals surface area contributed by atoms with Crippen molar-refractivity contribution >= 4 is 0 Å². The maximum absolute atomic E-state index is 8.92. The molecule has 0 aromatic rings. The molecule has 0 saturated carbocycles. The van der Waals surface area contributed by atoms with Gasteiger partial charge in [0.1, 0.15) is 6.23 Å². The molecule has 0 radical (unpaired) electrons. The van der Waals surface area contributed by atoms with Crippen LogP contribution in [0.3, 0.4) is 0 Å². The van der Waals surface area contributed by atoms with Gasteiger partial charge < -0.3 is 5.11 Å². The zero-order chi connectivity index (χ0) is 5.28. The van der Waals surface area contributed by atoms with Crippen molar-refractivity contribution in [2.24, 2.45) is 0 Å². The third-order valence-electron chi connectivity index (χ3n) is 1.48. The Bertz CT molecular complexity index is 57.1. The Morgan fingerprint density at radius 3 is 2.57 bits per heavy atom. The van der Waals surface area contributed by atoms with Gasteiger partial charge in [-0.1, -0.05) is 0 Å². The molecule has 0 amide bonds. The molecule has 0 aliphatic carbocycles. The molecule has 0 aromatic heterocycles. The molecule has 1 rings (SSSR count). The van der Waals surface area contributed by atoms with Crippen LogP contribution in [0.2, 0.25) is 0 Å². The van der Waals surface area contributed by atoms with Gasteiger partial charge in [-0.05, 0) is 19.9 Å². The first-order valence-corrected chi connectivity index (χ1v) is 2.69. The van der Waals surface area contributed by atoms with Crippen molar-refractivity contribution < 1.29 is 5.11 Å². The number of nitrogens with zero attached hydrogens (tertiary/aromatic N) is 1. The molecule has 2 nitrogen and oxygen atoms in total. The molecule has 1 unspecified atom stereocenters. The number of aliphatic hydroxyl groups excluding tert-OH is 1. The van der Waals surface area contributed by atoms with Gasteiger partial charge in [-0.2, -0.15) is 0 Å². The first-order valence-electron chi connectivity index (χ1n) is 2.69. The van der Waals surface area contributed by atoms with E-state index in [1.807, 2.05) is 11.9 Å². The van der Waals surface area contributed by atoms with Crippen molar-refractivity contribution in [2.75, 3.05) is 13.6 Å². The minimum absolute atomic E-state index is 0.153. The van der Waals surface area contributed by atoms with Crippen molar-refractivity contribution in [1.82, 2.24) is 4.90 Å². The summed E-state index contributed by atoms with van der Waals surface area (Å²) < 4.78 is 0. The quantitative estimate of drug-likeness (QED) is 0.465. The fourth-order valence-electron chi connectivity index (χ4n) is 0.893. The van der Waals surface area contributed by atoms with Gasteiger partial charge in [0.25, 0.3) is 0 Å². The average molecular weight is 101 g/mol. The van der Waals surface area contributed by atoms with E-state index in [1.54, 1.807) is 0 Å². The molecule has 1 heterocycles. The van der Waals surface area contributed by atoms with Gasteiger partial charge in [0, 0.05) is 6.54 Å². The van der Waals surface area contributed by atoms with Gasteiger partial charge in [0.2, 0.25) is 0 Å². The van der Waals surface area contributed by atoms with Crippen molar-refractivity contribution in [3.63, 3.8) is 0 Å². The van der Waals surface area contributed by atoms with E-state index in [4.69, 9.17) is 5.11 Å². The highest BCUT2D eigenvalue weighted by Gasteiger charge is 2.16. The molecule has 1 atom stereocenters. The second-order valence-corrected chi connectivity index (χ2v) is 2.10. The number of likely N-dealkylation sites (tertiary alicyclic amines) is 1. The van der Waals surface area contributed by atoms with Crippen LogP contribution in [0.25, 0.3) is 0 Å². The number of hydrogen-bond donors (Lipinski definition) is 1. The summed E-state index contributed by atoms with van der Waals surface area (Å²) in [4.78, 5) is 1.96. The highest BCUT2D eigenvalue weighted by molar-refractivity contribution is 4.64. The average Bonchev–Trinajstić information content (AvgIpc) is 1.91. The first-order chi connectivity index (χ1) is 3.30. The third kappa shape index (κ3) is 0.924. The van der Waals surface area contributed by atoms with Crippen molar-refractivity contribution in [2.45, 2.75) is 19.1 Å². The van der Waals surface area contributed by atoms with Crippen LogP contribution < -0.4 is 0 Å². The maximum atomic E-state index is 8.92. The van der Waals surface area contributed by atoms with Gasteiger partial charge >= 0.3 is 0 Å². The molecule has 0 aromatic carbocycles. The second-order valence-electron chi connectivity index (χ2n) is 2.10. The van der Waals surface area contributed by atoms with E-state index >= 15 is 0 Å². The fraction of sp³-hybridized carbons (Fsp3) is 1.00. The van der Waals surface area contributed by atoms with E-state index in [2.05, 4.69) is 0 Å². The summed E-state index contributed by atoms with van der Waals surface area (Å²) in [5.41, 5.74) is 0. The lowest BCUT2D eigenvalue weighted by Gasteiger charge is -2.10. The van der Waals surface area contributed by atoms with Crippen LogP contribution in [0.1, 0.15) is 12.8 Å². The van der Waals surface area contributed by atoms with E-state index in [1.165, 1.54) is 0 Å². The molecular formula is C5H11NO. The van der Waals surface area contributed by atoms with Crippen molar-refractivity contribution in [3.05, 3.63) is 0 Å².